The summed E-state index contributed by atoms with van der Waals surface area (Å²) in [5, 5.41) is 23.1. The van der Waals surface area contributed by atoms with Gasteiger partial charge in [0, 0.05) is 12.8 Å². The van der Waals surface area contributed by atoms with Crippen molar-refractivity contribution in [3.05, 3.63) is 48.6 Å². The number of hydrogen-bond acceptors (Lipinski definition) is 5. The van der Waals surface area contributed by atoms with Gasteiger partial charge in [0.25, 0.3) is 0 Å². The zero-order valence-corrected chi connectivity index (χ0v) is 49.6. The summed E-state index contributed by atoms with van der Waals surface area (Å²) < 4.78 is 5.48. The molecule has 0 aromatic carbocycles. The second-order valence-corrected chi connectivity index (χ2v) is 22.4. The van der Waals surface area contributed by atoms with Gasteiger partial charge in [-0.25, -0.2) is 0 Å². The number of allylic oxidation sites excluding steroid dienone is 7. The van der Waals surface area contributed by atoms with Crippen LogP contribution in [0.25, 0.3) is 0 Å². The van der Waals surface area contributed by atoms with E-state index in [1.54, 1.807) is 6.08 Å². The number of carbonyl (C=O) groups excluding carboxylic acids is 2. The van der Waals surface area contributed by atoms with Crippen LogP contribution in [0.2, 0.25) is 0 Å². The summed E-state index contributed by atoms with van der Waals surface area (Å²) in [7, 11) is 0. The van der Waals surface area contributed by atoms with Crippen LogP contribution in [0.1, 0.15) is 348 Å². The third-order valence-electron chi connectivity index (χ3n) is 15.1. The minimum Gasteiger partial charge on any atom is -0.466 e. The molecule has 2 unspecified atom stereocenters. The minimum atomic E-state index is -0.843. The monoisotopic (exact) mass is 1040 g/mol. The van der Waals surface area contributed by atoms with Gasteiger partial charge >= 0.3 is 5.97 Å². The van der Waals surface area contributed by atoms with Gasteiger partial charge in [-0.15, -0.1) is 0 Å². The van der Waals surface area contributed by atoms with Gasteiger partial charge in [0.15, 0.2) is 0 Å². The zero-order valence-electron chi connectivity index (χ0n) is 49.6. The molecule has 1 amide bonds. The van der Waals surface area contributed by atoms with E-state index in [0.717, 1.165) is 51.4 Å². The Morgan fingerprint density at radius 2 is 0.676 bits per heavy atom. The fourth-order valence-electron chi connectivity index (χ4n) is 10.0. The second kappa shape index (κ2) is 63.4. The number of unbranched alkanes of at least 4 members (excludes halogenated alkanes) is 44. The van der Waals surface area contributed by atoms with Crippen LogP contribution in [0, 0.1) is 0 Å². The van der Waals surface area contributed by atoms with Crippen molar-refractivity contribution in [2.45, 2.75) is 360 Å². The number of amides is 1. The van der Waals surface area contributed by atoms with Crippen LogP contribution in [-0.4, -0.2) is 47.4 Å². The van der Waals surface area contributed by atoms with Crippen molar-refractivity contribution in [1.29, 1.82) is 0 Å². The molecular formula is C68H127NO5. The Labute approximate surface area is 461 Å². The molecule has 6 nitrogen and oxygen atoms in total. The highest BCUT2D eigenvalue weighted by Gasteiger charge is 2.18. The molecular weight excluding hydrogens is 911 g/mol. The molecule has 74 heavy (non-hydrogen) atoms. The quantitative estimate of drug-likeness (QED) is 0.0320. The first kappa shape index (κ1) is 71.8. The third kappa shape index (κ3) is 59.1. The maximum Gasteiger partial charge on any atom is 0.305 e. The van der Waals surface area contributed by atoms with Crippen LogP contribution < -0.4 is 5.32 Å². The Hall–Kier alpha value is -2.18. The predicted molar refractivity (Wildman–Crippen MR) is 324 cm³/mol. The molecule has 6 heteroatoms. The van der Waals surface area contributed by atoms with Crippen molar-refractivity contribution in [1.82, 2.24) is 5.32 Å². The molecule has 0 saturated heterocycles. The maximum absolute atomic E-state index is 12.5. The van der Waals surface area contributed by atoms with Gasteiger partial charge < -0.3 is 20.3 Å². The van der Waals surface area contributed by atoms with Gasteiger partial charge in [0.2, 0.25) is 5.91 Å². The Kier molecular flexibility index (Phi) is 61.5. The van der Waals surface area contributed by atoms with E-state index in [4.69, 9.17) is 4.74 Å². The topological polar surface area (TPSA) is 95.9 Å². The van der Waals surface area contributed by atoms with Gasteiger partial charge in [-0.3, -0.25) is 9.59 Å². The van der Waals surface area contributed by atoms with Crippen LogP contribution >= 0.6 is 0 Å². The van der Waals surface area contributed by atoms with E-state index in [-0.39, 0.29) is 18.5 Å². The van der Waals surface area contributed by atoms with Gasteiger partial charge in [0.05, 0.1) is 25.4 Å². The number of hydrogen-bond donors (Lipinski definition) is 3. The number of nitrogens with one attached hydrogen (secondary N) is 1. The van der Waals surface area contributed by atoms with Crippen LogP contribution in [0.3, 0.4) is 0 Å². The third-order valence-corrected chi connectivity index (χ3v) is 15.1. The highest BCUT2D eigenvalue weighted by molar-refractivity contribution is 5.76. The average molecular weight is 1040 g/mol. The fourth-order valence-corrected chi connectivity index (χ4v) is 10.0. The van der Waals surface area contributed by atoms with Gasteiger partial charge in [-0.05, 0) is 89.9 Å². The molecule has 0 rings (SSSR count). The van der Waals surface area contributed by atoms with E-state index < -0.39 is 12.1 Å². The van der Waals surface area contributed by atoms with Crippen molar-refractivity contribution in [3.8, 4) is 0 Å². The van der Waals surface area contributed by atoms with Crippen LogP contribution in [0.4, 0.5) is 0 Å². The summed E-state index contributed by atoms with van der Waals surface area (Å²) in [4.78, 5) is 24.5. The van der Waals surface area contributed by atoms with E-state index >= 15 is 0 Å². The van der Waals surface area contributed by atoms with Crippen LogP contribution in [0.5, 0.6) is 0 Å². The maximum atomic E-state index is 12.5. The Morgan fingerprint density at radius 3 is 1.07 bits per heavy atom. The SMILES string of the molecule is CCCCCC=CCC=CCCCCCCCC(=O)OCCCCCCCCCC=CCCCCCCCCCCCCCCCCCCCCC(=O)NC(CO)C(O)C=CCCCCCCCCCCCCC. The first-order valence-corrected chi connectivity index (χ1v) is 32.9. The van der Waals surface area contributed by atoms with Crippen LogP contribution in [0.15, 0.2) is 48.6 Å². The van der Waals surface area contributed by atoms with Crippen molar-refractivity contribution >= 4 is 11.9 Å². The normalized spacial score (nSPS) is 12.9. The number of ether oxygens (including phenoxy) is 1. The lowest BCUT2D eigenvalue weighted by Gasteiger charge is -2.20. The Morgan fingerprint density at radius 1 is 0.378 bits per heavy atom. The summed E-state index contributed by atoms with van der Waals surface area (Å²) in [6.07, 6.45) is 81.7. The molecule has 3 N–H and O–H groups in total. The molecule has 0 aliphatic carbocycles. The summed E-state index contributed by atoms with van der Waals surface area (Å²) in [5.74, 6) is -0.0669. The molecule has 434 valence electrons. The standard InChI is InChI=1S/C68H127NO5/c1-3-5-7-9-11-13-15-17-33-38-42-46-50-54-58-62-68(73)74-63-59-55-51-47-43-39-35-32-30-28-26-24-22-20-18-19-21-23-25-27-29-31-34-37-41-45-49-53-57-61-67(72)69-65(64-70)66(71)60-56-52-48-44-40-36-16-14-12-10-8-6-4-2/h11,13,17,28,30,33,56,60,65-66,70-71H,3-10,12,14-16,18-27,29,31-32,34-55,57-59,61-64H2,1-2H3,(H,69,72). The highest BCUT2D eigenvalue weighted by atomic mass is 16.5. The van der Waals surface area contributed by atoms with E-state index in [2.05, 4.69) is 55.6 Å². The molecule has 0 heterocycles. The van der Waals surface area contributed by atoms with Gasteiger partial charge in [-0.2, -0.15) is 0 Å². The highest BCUT2D eigenvalue weighted by Crippen LogP contribution is 2.17. The van der Waals surface area contributed by atoms with Gasteiger partial charge in [0.1, 0.15) is 0 Å². The summed E-state index contributed by atoms with van der Waals surface area (Å²) in [6.45, 7) is 4.88. The van der Waals surface area contributed by atoms with Crippen molar-refractivity contribution in [2.24, 2.45) is 0 Å². The molecule has 0 saturated carbocycles. The molecule has 0 aliphatic rings. The number of carbonyl (C=O) groups is 2. The van der Waals surface area contributed by atoms with Gasteiger partial charge in [-0.1, -0.05) is 294 Å². The summed E-state index contributed by atoms with van der Waals surface area (Å²) in [5.41, 5.74) is 0. The Bertz CT molecular complexity index is 1240. The smallest absolute Gasteiger partial charge is 0.305 e. The molecule has 0 aromatic rings. The first-order chi connectivity index (χ1) is 36.5. The number of aliphatic hydroxyl groups is 2. The van der Waals surface area contributed by atoms with E-state index in [1.807, 2.05) is 6.08 Å². The second-order valence-electron chi connectivity index (χ2n) is 22.4. The van der Waals surface area contributed by atoms with Crippen molar-refractivity contribution in [2.75, 3.05) is 13.2 Å². The Balaban J connectivity index is 3.38. The number of rotatable bonds is 61. The predicted octanol–water partition coefficient (Wildman–Crippen LogP) is 20.9. The van der Waals surface area contributed by atoms with E-state index in [9.17, 15) is 19.8 Å². The summed E-state index contributed by atoms with van der Waals surface area (Å²) in [6, 6.07) is -0.626. The zero-order chi connectivity index (χ0) is 53.6. The van der Waals surface area contributed by atoms with E-state index in [1.165, 1.54) is 270 Å². The lowest BCUT2D eigenvalue weighted by molar-refractivity contribution is -0.143. The molecule has 0 aliphatic heterocycles. The lowest BCUT2D eigenvalue weighted by Crippen LogP contribution is -2.45. The van der Waals surface area contributed by atoms with Crippen molar-refractivity contribution in [3.63, 3.8) is 0 Å². The molecule has 0 spiro atoms. The van der Waals surface area contributed by atoms with E-state index in [0.29, 0.717) is 19.4 Å². The average Bonchev–Trinajstić information content (AvgIpc) is 3.40. The largest absolute Gasteiger partial charge is 0.466 e. The fraction of sp³-hybridized carbons (Fsp3) is 0.853. The molecule has 2 atom stereocenters. The first-order valence-electron chi connectivity index (χ1n) is 32.9. The number of aliphatic hydroxyl groups excluding tert-OH is 2. The minimum absolute atomic E-state index is 0.00125. The lowest BCUT2D eigenvalue weighted by atomic mass is 10.0. The number of esters is 1. The molecule has 0 bridgehead atoms. The van der Waals surface area contributed by atoms with Crippen LogP contribution in [-0.2, 0) is 14.3 Å². The van der Waals surface area contributed by atoms with Crippen molar-refractivity contribution < 1.29 is 24.5 Å². The summed E-state index contributed by atoms with van der Waals surface area (Å²) >= 11 is 0. The molecule has 0 fully saturated rings. The molecule has 0 radical (unpaired) electrons. The molecule has 0 aromatic heterocycles.